The molecular formula is C16H19N3. The monoisotopic (exact) mass is 253 g/mol. The summed E-state index contributed by atoms with van der Waals surface area (Å²) in [5, 5.41) is 0. The molecule has 19 heavy (non-hydrogen) atoms. The van der Waals surface area contributed by atoms with E-state index in [0.29, 0.717) is 18.3 Å². The van der Waals surface area contributed by atoms with Gasteiger partial charge in [0, 0.05) is 5.56 Å². The fourth-order valence-electron chi connectivity index (χ4n) is 2.11. The minimum atomic E-state index is 0.449. The summed E-state index contributed by atoms with van der Waals surface area (Å²) < 4.78 is 1.78. The van der Waals surface area contributed by atoms with Gasteiger partial charge in [-0.2, -0.15) is 0 Å². The molecule has 0 atom stereocenters. The van der Waals surface area contributed by atoms with Crippen molar-refractivity contribution in [2.24, 2.45) is 5.92 Å². The lowest BCUT2D eigenvalue weighted by molar-refractivity contribution is 0.647. The molecule has 0 unspecified atom stereocenters. The zero-order valence-electron chi connectivity index (χ0n) is 11.4. The van der Waals surface area contributed by atoms with Crippen LogP contribution in [0.1, 0.15) is 19.4 Å². The molecule has 1 heterocycles. The molecule has 0 saturated heterocycles. The lowest BCUT2D eigenvalue weighted by Crippen LogP contribution is -2.00. The highest BCUT2D eigenvalue weighted by molar-refractivity contribution is 5.70. The number of nitrogens with zero attached hydrogens (tertiary/aromatic N) is 2. The van der Waals surface area contributed by atoms with E-state index >= 15 is 0 Å². The maximum absolute atomic E-state index is 6.05. The molecule has 0 aliphatic carbocycles. The number of imidazole rings is 1. The van der Waals surface area contributed by atoms with Gasteiger partial charge in [-0.25, -0.2) is 4.98 Å². The molecule has 2 N–H and O–H groups in total. The van der Waals surface area contributed by atoms with Gasteiger partial charge in [0.25, 0.3) is 0 Å². The standard InChI is InChI=1S/C16H19N3/c1-4-9-19-11-18-15(16(19)17)14-7-5-13(6-8-14)10-12(2)3/h1,5-8,11-12H,9-10,17H2,2-3H3. The topological polar surface area (TPSA) is 43.8 Å². The van der Waals surface area contributed by atoms with E-state index in [4.69, 9.17) is 12.2 Å². The molecule has 2 aromatic rings. The highest BCUT2D eigenvalue weighted by Gasteiger charge is 2.09. The minimum absolute atomic E-state index is 0.449. The highest BCUT2D eigenvalue weighted by Crippen LogP contribution is 2.24. The number of aromatic nitrogens is 2. The number of nitrogen functional groups attached to an aromatic ring is 1. The highest BCUT2D eigenvalue weighted by atomic mass is 15.1. The summed E-state index contributed by atoms with van der Waals surface area (Å²) in [5.41, 5.74) is 9.20. The van der Waals surface area contributed by atoms with Gasteiger partial charge in [0.05, 0.1) is 12.9 Å². The second kappa shape index (κ2) is 5.62. The van der Waals surface area contributed by atoms with Crippen LogP contribution in [-0.2, 0) is 13.0 Å². The third-order valence-corrected chi connectivity index (χ3v) is 3.01. The Hall–Kier alpha value is -2.21. The summed E-state index contributed by atoms with van der Waals surface area (Å²) in [6.07, 6.45) is 8.06. The fraction of sp³-hybridized carbons (Fsp3) is 0.312. The Kier molecular flexibility index (Phi) is 3.91. The van der Waals surface area contributed by atoms with Crippen LogP contribution in [0.15, 0.2) is 30.6 Å². The largest absolute Gasteiger partial charge is 0.383 e. The Morgan fingerprint density at radius 1 is 1.32 bits per heavy atom. The van der Waals surface area contributed by atoms with Crippen LogP contribution >= 0.6 is 0 Å². The van der Waals surface area contributed by atoms with Crippen LogP contribution in [0, 0.1) is 18.3 Å². The van der Waals surface area contributed by atoms with E-state index in [9.17, 15) is 0 Å². The van der Waals surface area contributed by atoms with Crippen LogP contribution in [0.4, 0.5) is 5.82 Å². The summed E-state index contributed by atoms with van der Waals surface area (Å²) in [4.78, 5) is 4.34. The van der Waals surface area contributed by atoms with Gasteiger partial charge in [0.2, 0.25) is 0 Å². The number of rotatable bonds is 4. The van der Waals surface area contributed by atoms with Gasteiger partial charge in [-0.3, -0.25) is 0 Å². The molecule has 3 nitrogen and oxygen atoms in total. The van der Waals surface area contributed by atoms with Crippen molar-refractivity contribution >= 4 is 5.82 Å². The number of hydrogen-bond acceptors (Lipinski definition) is 2. The van der Waals surface area contributed by atoms with Gasteiger partial charge in [-0.05, 0) is 17.9 Å². The first-order valence-corrected chi connectivity index (χ1v) is 6.45. The molecule has 98 valence electrons. The van der Waals surface area contributed by atoms with Crippen LogP contribution in [0.2, 0.25) is 0 Å². The Morgan fingerprint density at radius 2 is 2.00 bits per heavy atom. The number of nitrogens with two attached hydrogens (primary N) is 1. The van der Waals surface area contributed by atoms with E-state index in [2.05, 4.69) is 49.0 Å². The van der Waals surface area contributed by atoms with Crippen molar-refractivity contribution in [3.63, 3.8) is 0 Å². The Morgan fingerprint density at radius 3 is 2.58 bits per heavy atom. The summed E-state index contributed by atoms with van der Waals surface area (Å²) in [5.74, 6) is 3.84. The molecule has 2 rings (SSSR count). The average Bonchev–Trinajstić information content (AvgIpc) is 2.72. The molecule has 1 aromatic carbocycles. The van der Waals surface area contributed by atoms with Gasteiger partial charge in [-0.15, -0.1) is 6.42 Å². The molecule has 0 aliphatic rings. The smallest absolute Gasteiger partial charge is 0.132 e. The van der Waals surface area contributed by atoms with Crippen molar-refractivity contribution in [2.75, 3.05) is 5.73 Å². The summed E-state index contributed by atoms with van der Waals surface area (Å²) in [6.45, 7) is 4.88. The van der Waals surface area contributed by atoms with Crippen molar-refractivity contribution in [2.45, 2.75) is 26.8 Å². The van der Waals surface area contributed by atoms with Crippen LogP contribution in [0.25, 0.3) is 11.3 Å². The molecule has 0 radical (unpaired) electrons. The second-order valence-corrected chi connectivity index (χ2v) is 5.11. The zero-order valence-corrected chi connectivity index (χ0v) is 11.4. The van der Waals surface area contributed by atoms with E-state index in [1.54, 1.807) is 10.9 Å². The van der Waals surface area contributed by atoms with Gasteiger partial charge < -0.3 is 10.3 Å². The molecule has 0 aliphatic heterocycles. The Bertz CT molecular complexity index is 585. The molecule has 0 spiro atoms. The quantitative estimate of drug-likeness (QED) is 0.851. The average molecular weight is 253 g/mol. The molecule has 0 amide bonds. The van der Waals surface area contributed by atoms with Gasteiger partial charge >= 0.3 is 0 Å². The zero-order chi connectivity index (χ0) is 13.8. The van der Waals surface area contributed by atoms with E-state index in [1.165, 1.54) is 5.56 Å². The molecule has 0 fully saturated rings. The fourth-order valence-corrected chi connectivity index (χ4v) is 2.11. The number of hydrogen-bond donors (Lipinski definition) is 1. The number of anilines is 1. The third kappa shape index (κ3) is 2.97. The first-order chi connectivity index (χ1) is 9.11. The Balaban J connectivity index is 2.25. The van der Waals surface area contributed by atoms with Gasteiger partial charge in [0.1, 0.15) is 11.5 Å². The summed E-state index contributed by atoms with van der Waals surface area (Å²) >= 11 is 0. The molecule has 1 aromatic heterocycles. The van der Waals surface area contributed by atoms with Crippen LogP contribution in [0.5, 0.6) is 0 Å². The van der Waals surface area contributed by atoms with Crippen molar-refractivity contribution in [1.82, 2.24) is 9.55 Å². The van der Waals surface area contributed by atoms with Crippen molar-refractivity contribution in [3.05, 3.63) is 36.2 Å². The predicted octanol–water partition coefficient (Wildman–Crippen LogP) is 2.96. The van der Waals surface area contributed by atoms with Gasteiger partial charge in [-0.1, -0.05) is 44.0 Å². The van der Waals surface area contributed by atoms with E-state index in [1.807, 2.05) is 0 Å². The molecule has 0 saturated carbocycles. The maximum atomic E-state index is 6.05. The van der Waals surface area contributed by atoms with E-state index < -0.39 is 0 Å². The number of terminal acetylenes is 1. The van der Waals surface area contributed by atoms with Crippen LogP contribution < -0.4 is 5.73 Å². The maximum Gasteiger partial charge on any atom is 0.132 e. The molecule has 3 heteroatoms. The van der Waals surface area contributed by atoms with Crippen LogP contribution in [0.3, 0.4) is 0 Å². The predicted molar refractivity (Wildman–Crippen MR) is 79.5 cm³/mol. The van der Waals surface area contributed by atoms with Crippen molar-refractivity contribution in [3.8, 4) is 23.6 Å². The van der Waals surface area contributed by atoms with E-state index in [0.717, 1.165) is 17.7 Å². The first kappa shape index (κ1) is 13.2. The SMILES string of the molecule is C#CCn1cnc(-c2ccc(CC(C)C)cc2)c1N. The molecular weight excluding hydrogens is 234 g/mol. The van der Waals surface area contributed by atoms with Crippen molar-refractivity contribution < 1.29 is 0 Å². The van der Waals surface area contributed by atoms with E-state index in [-0.39, 0.29) is 0 Å². The summed E-state index contributed by atoms with van der Waals surface area (Å²) in [6, 6.07) is 8.40. The third-order valence-electron chi connectivity index (χ3n) is 3.01. The van der Waals surface area contributed by atoms with Crippen molar-refractivity contribution in [1.29, 1.82) is 0 Å². The second-order valence-electron chi connectivity index (χ2n) is 5.11. The minimum Gasteiger partial charge on any atom is -0.383 e. The van der Waals surface area contributed by atoms with Gasteiger partial charge in [0.15, 0.2) is 0 Å². The number of benzene rings is 1. The lowest BCUT2D eigenvalue weighted by Gasteiger charge is -2.06. The molecule has 0 bridgehead atoms. The van der Waals surface area contributed by atoms with Crippen LogP contribution in [-0.4, -0.2) is 9.55 Å². The lowest BCUT2D eigenvalue weighted by atomic mass is 10.0. The Labute approximate surface area is 114 Å². The summed E-state index contributed by atoms with van der Waals surface area (Å²) in [7, 11) is 0. The first-order valence-electron chi connectivity index (χ1n) is 6.45. The normalized spacial score (nSPS) is 10.6.